The number of methoxy groups -OCH3 is 1. The maximum Gasteiger partial charge on any atom is 0.254 e. The molecule has 0 spiro atoms. The molecule has 150 valence electrons. The average Bonchev–Trinajstić information content (AvgIpc) is 3.28. The Morgan fingerprint density at radius 2 is 1.79 bits per heavy atom. The number of nitrogens with one attached hydrogen (secondary N) is 2. The van der Waals surface area contributed by atoms with Crippen molar-refractivity contribution in [3.8, 4) is 5.75 Å². The largest absolute Gasteiger partial charge is 0.497 e. The molecule has 3 aromatic rings. The van der Waals surface area contributed by atoms with Crippen molar-refractivity contribution in [2.45, 2.75) is 12.5 Å². The van der Waals surface area contributed by atoms with E-state index in [0.717, 1.165) is 11.1 Å². The number of carbonyl (C=O) groups is 2. The third kappa shape index (κ3) is 5.68. The highest BCUT2D eigenvalue weighted by Crippen LogP contribution is 2.21. The first-order valence-electron chi connectivity index (χ1n) is 9.03. The Hall–Kier alpha value is -3.61. The molecule has 2 aromatic carbocycles. The third-order valence-corrected chi connectivity index (χ3v) is 4.40. The molecule has 6 nitrogen and oxygen atoms in total. The normalized spacial score (nSPS) is 11.5. The summed E-state index contributed by atoms with van der Waals surface area (Å²) in [6.07, 6.45) is 3.16. The number of carbonyl (C=O) groups excluding carboxylic acids is 2. The first kappa shape index (κ1) is 20.1. The van der Waals surface area contributed by atoms with Crippen LogP contribution in [0.25, 0.3) is 0 Å². The molecule has 1 atom stereocenters. The quantitative estimate of drug-likeness (QED) is 0.613. The van der Waals surface area contributed by atoms with Crippen molar-refractivity contribution in [1.82, 2.24) is 10.6 Å². The Morgan fingerprint density at radius 1 is 1.07 bits per heavy atom. The molecule has 3 rings (SSSR count). The first-order chi connectivity index (χ1) is 14.0. The number of amides is 2. The van der Waals surface area contributed by atoms with Gasteiger partial charge in [-0.3, -0.25) is 9.59 Å². The molecule has 0 radical (unpaired) electrons. The Balaban J connectivity index is 1.68. The second kappa shape index (κ2) is 9.54. The number of hydrogen-bond acceptors (Lipinski definition) is 4. The van der Waals surface area contributed by atoms with Crippen LogP contribution in [0.5, 0.6) is 5.75 Å². The van der Waals surface area contributed by atoms with Crippen molar-refractivity contribution < 1.29 is 23.1 Å². The zero-order valence-corrected chi connectivity index (χ0v) is 15.9. The minimum atomic E-state index is -0.395. The summed E-state index contributed by atoms with van der Waals surface area (Å²) in [6, 6.07) is 14.6. The van der Waals surface area contributed by atoms with Crippen LogP contribution in [0.4, 0.5) is 4.39 Å². The molecular formula is C22H21FN2O4. The van der Waals surface area contributed by atoms with Gasteiger partial charge in [0.25, 0.3) is 5.91 Å². The first-order valence-corrected chi connectivity index (χ1v) is 9.03. The van der Waals surface area contributed by atoms with E-state index in [2.05, 4.69) is 10.6 Å². The van der Waals surface area contributed by atoms with Crippen molar-refractivity contribution in [2.75, 3.05) is 13.7 Å². The van der Waals surface area contributed by atoms with Gasteiger partial charge < -0.3 is 19.8 Å². The van der Waals surface area contributed by atoms with Gasteiger partial charge in [0.1, 0.15) is 17.8 Å². The van der Waals surface area contributed by atoms with Gasteiger partial charge in [0.2, 0.25) is 5.91 Å². The summed E-state index contributed by atoms with van der Waals surface area (Å²) < 4.78 is 23.2. The molecule has 0 fully saturated rings. The van der Waals surface area contributed by atoms with E-state index in [1.165, 1.54) is 30.7 Å². The minimum absolute atomic E-state index is 0.180. The molecule has 1 heterocycles. The summed E-state index contributed by atoms with van der Waals surface area (Å²) in [6.45, 7) is -0.180. The summed E-state index contributed by atoms with van der Waals surface area (Å²) >= 11 is 0. The Morgan fingerprint density at radius 3 is 2.41 bits per heavy atom. The van der Waals surface area contributed by atoms with E-state index in [1.54, 1.807) is 31.4 Å². The number of hydrogen-bond donors (Lipinski definition) is 2. The van der Waals surface area contributed by atoms with Gasteiger partial charge in [0, 0.05) is 0 Å². The Bertz CT molecular complexity index is 938. The maximum absolute atomic E-state index is 13.2. The van der Waals surface area contributed by atoms with Crippen LogP contribution in [0.15, 0.2) is 71.5 Å². The van der Waals surface area contributed by atoms with Crippen LogP contribution < -0.4 is 15.4 Å². The third-order valence-electron chi connectivity index (χ3n) is 4.40. The van der Waals surface area contributed by atoms with Gasteiger partial charge in [-0.1, -0.05) is 24.3 Å². The summed E-state index contributed by atoms with van der Waals surface area (Å²) in [5, 5.41) is 5.47. The number of halogens is 1. The number of rotatable bonds is 8. The molecule has 0 aliphatic rings. The molecule has 0 saturated carbocycles. The summed E-state index contributed by atoms with van der Waals surface area (Å²) in [5.74, 6) is -0.355. The predicted molar refractivity (Wildman–Crippen MR) is 105 cm³/mol. The van der Waals surface area contributed by atoms with Crippen LogP contribution >= 0.6 is 0 Å². The molecule has 29 heavy (non-hydrogen) atoms. The zero-order chi connectivity index (χ0) is 20.6. The van der Waals surface area contributed by atoms with E-state index >= 15 is 0 Å². The second-order valence-electron chi connectivity index (χ2n) is 6.42. The fraction of sp³-hybridized carbons (Fsp3) is 0.182. The van der Waals surface area contributed by atoms with Crippen LogP contribution in [0.1, 0.15) is 27.5 Å². The molecule has 1 unspecified atom stereocenters. The fourth-order valence-corrected chi connectivity index (χ4v) is 2.85. The van der Waals surface area contributed by atoms with E-state index < -0.39 is 5.91 Å². The lowest BCUT2D eigenvalue weighted by Gasteiger charge is -2.20. The summed E-state index contributed by atoms with van der Waals surface area (Å²) in [4.78, 5) is 24.4. The van der Waals surface area contributed by atoms with E-state index in [1.807, 2.05) is 12.1 Å². The molecule has 2 amide bonds. The van der Waals surface area contributed by atoms with Gasteiger partial charge >= 0.3 is 0 Å². The average molecular weight is 396 g/mol. The number of furan rings is 1. The molecule has 7 heteroatoms. The van der Waals surface area contributed by atoms with E-state index in [-0.39, 0.29) is 24.3 Å². The Kier molecular flexibility index (Phi) is 6.63. The standard InChI is InChI=1S/C22H21FN2O4/c1-28-19-8-4-16(5-9-19)20(12-15-2-6-18(23)7-3-15)25-21(26)13-24-22(27)17-10-11-29-14-17/h2-11,14,20H,12-13H2,1H3,(H,24,27)(H,25,26). The number of ether oxygens (including phenoxy) is 1. The van der Waals surface area contributed by atoms with Gasteiger partial charge in [-0.2, -0.15) is 0 Å². The highest BCUT2D eigenvalue weighted by atomic mass is 19.1. The second-order valence-corrected chi connectivity index (χ2v) is 6.42. The molecule has 0 aliphatic heterocycles. The number of benzene rings is 2. The van der Waals surface area contributed by atoms with Crippen molar-refractivity contribution in [3.05, 3.63) is 89.6 Å². The molecule has 0 saturated heterocycles. The summed E-state index contributed by atoms with van der Waals surface area (Å²) in [5.41, 5.74) is 2.08. The molecule has 0 aliphatic carbocycles. The lowest BCUT2D eigenvalue weighted by Crippen LogP contribution is -2.39. The van der Waals surface area contributed by atoms with Crippen molar-refractivity contribution in [2.24, 2.45) is 0 Å². The van der Waals surface area contributed by atoms with Crippen LogP contribution in [0.2, 0.25) is 0 Å². The SMILES string of the molecule is COc1ccc(C(Cc2ccc(F)cc2)NC(=O)CNC(=O)c2ccoc2)cc1. The van der Waals surface area contributed by atoms with Gasteiger partial charge in [-0.15, -0.1) is 0 Å². The van der Waals surface area contributed by atoms with Crippen LogP contribution in [-0.2, 0) is 11.2 Å². The predicted octanol–water partition coefficient (Wildman–Crippen LogP) is 3.26. The topological polar surface area (TPSA) is 80.6 Å². The van der Waals surface area contributed by atoms with Crippen molar-refractivity contribution >= 4 is 11.8 Å². The van der Waals surface area contributed by atoms with E-state index in [0.29, 0.717) is 17.7 Å². The van der Waals surface area contributed by atoms with Gasteiger partial charge in [0.05, 0.1) is 31.5 Å². The van der Waals surface area contributed by atoms with Gasteiger partial charge in [0.15, 0.2) is 0 Å². The lowest BCUT2D eigenvalue weighted by molar-refractivity contribution is -0.120. The highest BCUT2D eigenvalue weighted by Gasteiger charge is 2.17. The van der Waals surface area contributed by atoms with E-state index in [4.69, 9.17) is 9.15 Å². The fourth-order valence-electron chi connectivity index (χ4n) is 2.85. The minimum Gasteiger partial charge on any atom is -0.497 e. The van der Waals surface area contributed by atoms with Gasteiger partial charge in [-0.05, 0) is 47.9 Å². The summed E-state index contributed by atoms with van der Waals surface area (Å²) in [7, 11) is 1.58. The van der Waals surface area contributed by atoms with Crippen molar-refractivity contribution in [3.63, 3.8) is 0 Å². The lowest BCUT2D eigenvalue weighted by atomic mass is 9.98. The van der Waals surface area contributed by atoms with Gasteiger partial charge in [-0.25, -0.2) is 4.39 Å². The smallest absolute Gasteiger partial charge is 0.254 e. The Labute approximate surface area is 167 Å². The zero-order valence-electron chi connectivity index (χ0n) is 15.9. The molecular weight excluding hydrogens is 375 g/mol. The monoisotopic (exact) mass is 396 g/mol. The maximum atomic E-state index is 13.2. The van der Waals surface area contributed by atoms with E-state index in [9.17, 15) is 14.0 Å². The molecule has 1 aromatic heterocycles. The van der Waals surface area contributed by atoms with Crippen LogP contribution in [-0.4, -0.2) is 25.5 Å². The highest BCUT2D eigenvalue weighted by molar-refractivity contribution is 5.96. The van der Waals surface area contributed by atoms with Crippen LogP contribution in [0, 0.1) is 5.82 Å². The molecule has 2 N–H and O–H groups in total. The van der Waals surface area contributed by atoms with Crippen LogP contribution in [0.3, 0.4) is 0 Å². The van der Waals surface area contributed by atoms with Crippen molar-refractivity contribution in [1.29, 1.82) is 0 Å². The molecule has 0 bridgehead atoms.